The van der Waals surface area contributed by atoms with Gasteiger partial charge < -0.3 is 19.5 Å². The van der Waals surface area contributed by atoms with Crippen LogP contribution in [0.3, 0.4) is 0 Å². The molecule has 1 aromatic carbocycles. The minimum absolute atomic E-state index is 0.106. The number of pyridine rings is 2. The molecule has 5 heterocycles. The second-order valence-corrected chi connectivity index (χ2v) is 9.20. The molecule has 1 amide bonds. The van der Waals surface area contributed by atoms with Crippen LogP contribution >= 0.6 is 11.3 Å². The maximum Gasteiger partial charge on any atom is 0.258 e. The number of hydrogen-bond donors (Lipinski definition) is 1. The summed E-state index contributed by atoms with van der Waals surface area (Å²) in [7, 11) is 0. The Morgan fingerprint density at radius 2 is 2.00 bits per heavy atom. The van der Waals surface area contributed by atoms with Gasteiger partial charge in [-0.25, -0.2) is 4.98 Å². The Labute approximate surface area is 197 Å². The first-order valence-corrected chi connectivity index (χ1v) is 11.8. The molecule has 5 aromatic rings. The number of nitrogens with zero attached hydrogens (tertiary/aromatic N) is 4. The summed E-state index contributed by atoms with van der Waals surface area (Å²) in [5.41, 5.74) is 1.81. The zero-order valence-electron chi connectivity index (χ0n) is 18.4. The lowest BCUT2D eigenvalue weighted by Gasteiger charge is -2.27. The van der Waals surface area contributed by atoms with Gasteiger partial charge in [0.05, 0.1) is 35.4 Å². The van der Waals surface area contributed by atoms with Gasteiger partial charge in [-0.15, -0.1) is 11.3 Å². The Hall–Kier alpha value is -3.76. The number of carbonyl (C=O) groups is 1. The molecule has 34 heavy (non-hydrogen) atoms. The fourth-order valence-electron chi connectivity index (χ4n) is 4.31. The van der Waals surface area contributed by atoms with Gasteiger partial charge in [-0.05, 0) is 31.2 Å². The third kappa shape index (κ3) is 3.42. The number of para-hydroxylation sites is 1. The molecule has 4 aromatic heterocycles. The first kappa shape index (κ1) is 20.8. The van der Waals surface area contributed by atoms with E-state index in [9.17, 15) is 9.59 Å². The van der Waals surface area contributed by atoms with Crippen molar-refractivity contribution in [3.8, 4) is 0 Å². The molecule has 1 saturated heterocycles. The molecule has 9 nitrogen and oxygen atoms in total. The van der Waals surface area contributed by atoms with Crippen molar-refractivity contribution >= 4 is 49.1 Å². The summed E-state index contributed by atoms with van der Waals surface area (Å²) in [6.07, 6.45) is 0. The van der Waals surface area contributed by atoms with Crippen LogP contribution in [-0.4, -0.2) is 46.8 Å². The molecule has 1 aliphatic heterocycles. The average molecular weight is 476 g/mol. The van der Waals surface area contributed by atoms with Crippen LogP contribution in [-0.2, 0) is 11.3 Å². The molecule has 1 N–H and O–H groups in total. The Balaban J connectivity index is 1.54. The number of amides is 1. The van der Waals surface area contributed by atoms with E-state index in [-0.39, 0.29) is 17.5 Å². The summed E-state index contributed by atoms with van der Waals surface area (Å²) in [5, 5.41) is 7.14. The van der Waals surface area contributed by atoms with Crippen molar-refractivity contribution in [1.82, 2.24) is 19.9 Å². The SMILES string of the molecule is Cc1cc(CNC(=O)c2c(=O)c3ccc(N4CCOCC4)nc3n3c2sc2ccccc23)no1. The molecule has 0 atom stereocenters. The lowest BCUT2D eigenvalue weighted by Crippen LogP contribution is -2.36. The molecule has 1 fully saturated rings. The highest BCUT2D eigenvalue weighted by atomic mass is 32.1. The molecule has 10 heteroatoms. The Morgan fingerprint density at radius 3 is 2.79 bits per heavy atom. The number of anilines is 1. The zero-order valence-corrected chi connectivity index (χ0v) is 19.2. The van der Waals surface area contributed by atoms with Gasteiger partial charge in [-0.3, -0.25) is 14.0 Å². The number of fused-ring (bicyclic) bond motifs is 5. The van der Waals surface area contributed by atoms with Crippen LogP contribution in [0, 0.1) is 6.92 Å². The molecular weight excluding hydrogens is 454 g/mol. The van der Waals surface area contributed by atoms with E-state index in [1.54, 1.807) is 19.1 Å². The number of benzene rings is 1. The maximum atomic E-state index is 13.6. The number of ether oxygens (including phenoxy) is 1. The summed E-state index contributed by atoms with van der Waals surface area (Å²) in [6.45, 7) is 4.71. The monoisotopic (exact) mass is 475 g/mol. The highest BCUT2D eigenvalue weighted by molar-refractivity contribution is 7.24. The van der Waals surface area contributed by atoms with Gasteiger partial charge in [0.25, 0.3) is 5.91 Å². The van der Waals surface area contributed by atoms with Crippen LogP contribution in [0.5, 0.6) is 0 Å². The first-order chi connectivity index (χ1) is 16.6. The number of morpholine rings is 1. The smallest absolute Gasteiger partial charge is 0.258 e. The summed E-state index contributed by atoms with van der Waals surface area (Å²) in [4.78, 5) is 34.5. The number of hydrogen-bond acceptors (Lipinski definition) is 8. The second kappa shape index (κ2) is 8.23. The average Bonchev–Trinajstić information content (AvgIpc) is 3.46. The number of thiazole rings is 1. The van der Waals surface area contributed by atoms with E-state index in [0.29, 0.717) is 40.5 Å². The molecule has 0 aliphatic carbocycles. The van der Waals surface area contributed by atoms with E-state index in [1.807, 2.05) is 34.7 Å². The van der Waals surface area contributed by atoms with Crippen molar-refractivity contribution in [2.45, 2.75) is 13.5 Å². The maximum absolute atomic E-state index is 13.6. The molecular formula is C24H21N5O4S. The molecule has 0 unspecified atom stereocenters. The predicted octanol–water partition coefficient (Wildman–Crippen LogP) is 3.13. The van der Waals surface area contributed by atoms with Crippen LogP contribution in [0.25, 0.3) is 26.1 Å². The summed E-state index contributed by atoms with van der Waals surface area (Å²) in [6, 6.07) is 13.2. The Morgan fingerprint density at radius 1 is 1.18 bits per heavy atom. The van der Waals surface area contributed by atoms with Crippen molar-refractivity contribution in [2.24, 2.45) is 0 Å². The summed E-state index contributed by atoms with van der Waals surface area (Å²) < 4.78 is 13.4. The minimum atomic E-state index is -0.450. The van der Waals surface area contributed by atoms with Crippen LogP contribution in [0.1, 0.15) is 21.8 Å². The molecule has 0 spiro atoms. The third-order valence-corrected chi connectivity index (χ3v) is 7.09. The van der Waals surface area contributed by atoms with Gasteiger partial charge >= 0.3 is 0 Å². The number of aryl methyl sites for hydroxylation is 1. The van der Waals surface area contributed by atoms with E-state index >= 15 is 0 Å². The first-order valence-electron chi connectivity index (χ1n) is 11.0. The molecule has 0 saturated carbocycles. The van der Waals surface area contributed by atoms with E-state index < -0.39 is 5.91 Å². The van der Waals surface area contributed by atoms with E-state index in [2.05, 4.69) is 15.4 Å². The lowest BCUT2D eigenvalue weighted by atomic mass is 10.1. The molecule has 172 valence electrons. The van der Waals surface area contributed by atoms with Crippen LogP contribution in [0.2, 0.25) is 0 Å². The van der Waals surface area contributed by atoms with Gasteiger partial charge in [0.15, 0.2) is 5.65 Å². The largest absolute Gasteiger partial charge is 0.378 e. The summed E-state index contributed by atoms with van der Waals surface area (Å²) >= 11 is 1.41. The normalized spacial score (nSPS) is 14.3. The predicted molar refractivity (Wildman–Crippen MR) is 130 cm³/mol. The van der Waals surface area contributed by atoms with Gasteiger partial charge in [-0.2, -0.15) is 0 Å². The van der Waals surface area contributed by atoms with Crippen molar-refractivity contribution < 1.29 is 14.1 Å². The number of nitrogens with one attached hydrogen (secondary N) is 1. The van der Waals surface area contributed by atoms with E-state index in [4.69, 9.17) is 14.2 Å². The highest BCUT2D eigenvalue weighted by Crippen LogP contribution is 2.31. The quantitative estimate of drug-likeness (QED) is 0.426. The Bertz CT molecular complexity index is 1610. The summed E-state index contributed by atoms with van der Waals surface area (Å²) in [5.74, 6) is 0.996. The standard InChI is InChI=1S/C24H21N5O4S/c1-14-12-15(27-33-14)13-25-23(31)20-21(30)16-6-7-19(28-8-10-32-11-9-28)26-22(16)29-17-4-2-3-5-18(17)34-24(20)29/h2-7,12H,8-11,13H2,1H3,(H,25,31). The third-order valence-electron chi connectivity index (χ3n) is 5.94. The zero-order chi connectivity index (χ0) is 23.2. The number of aromatic nitrogens is 3. The van der Waals surface area contributed by atoms with Gasteiger partial charge in [0, 0.05) is 19.2 Å². The highest BCUT2D eigenvalue weighted by Gasteiger charge is 2.24. The van der Waals surface area contributed by atoms with Gasteiger partial charge in [0.2, 0.25) is 5.43 Å². The topological polar surface area (TPSA) is 102 Å². The van der Waals surface area contributed by atoms with Crippen molar-refractivity contribution in [3.63, 3.8) is 0 Å². The number of rotatable bonds is 4. The molecule has 1 aliphatic rings. The van der Waals surface area contributed by atoms with Gasteiger partial charge in [0.1, 0.15) is 27.7 Å². The van der Waals surface area contributed by atoms with E-state index in [1.165, 1.54) is 11.3 Å². The Kier molecular flexibility index (Phi) is 5.04. The molecule has 0 radical (unpaired) electrons. The fourth-order valence-corrected chi connectivity index (χ4v) is 5.49. The van der Waals surface area contributed by atoms with Crippen LogP contribution < -0.4 is 15.6 Å². The number of carbonyl (C=O) groups excluding carboxylic acids is 1. The van der Waals surface area contributed by atoms with Crippen molar-refractivity contribution in [2.75, 3.05) is 31.2 Å². The second-order valence-electron chi connectivity index (χ2n) is 8.17. The lowest BCUT2D eigenvalue weighted by molar-refractivity contribution is 0.0950. The van der Waals surface area contributed by atoms with Crippen molar-refractivity contribution in [1.29, 1.82) is 0 Å². The van der Waals surface area contributed by atoms with E-state index in [0.717, 1.165) is 29.1 Å². The molecule has 6 rings (SSSR count). The molecule has 0 bridgehead atoms. The van der Waals surface area contributed by atoms with Crippen LogP contribution in [0.15, 0.2) is 51.8 Å². The van der Waals surface area contributed by atoms with Gasteiger partial charge in [-0.1, -0.05) is 17.3 Å². The minimum Gasteiger partial charge on any atom is -0.378 e. The van der Waals surface area contributed by atoms with Crippen molar-refractivity contribution in [3.05, 3.63) is 69.7 Å². The van der Waals surface area contributed by atoms with Crippen LogP contribution in [0.4, 0.5) is 5.82 Å². The fraction of sp³-hybridized carbons (Fsp3) is 0.250.